The number of methoxy groups -OCH3 is 1. The summed E-state index contributed by atoms with van der Waals surface area (Å²) in [5, 5.41) is 17.0. The van der Waals surface area contributed by atoms with E-state index in [0.29, 0.717) is 10.6 Å². The first-order valence-electron chi connectivity index (χ1n) is 7.08. The van der Waals surface area contributed by atoms with E-state index in [4.69, 9.17) is 17.0 Å². The number of nitro groups is 1. The predicted octanol–water partition coefficient (Wildman–Crippen LogP) is 3.95. The maximum atomic E-state index is 13.4. The Morgan fingerprint density at radius 3 is 2.72 bits per heavy atom. The number of ether oxygens (including phenoxy) is 1. The lowest BCUT2D eigenvalue weighted by Gasteiger charge is -2.10. The monoisotopic (exact) mass is 383 g/mol. The number of anilines is 2. The number of carbonyl (C=O) groups excluding carboxylic acids is 1. The van der Waals surface area contributed by atoms with Crippen LogP contribution in [0.15, 0.2) is 24.3 Å². The zero-order valence-electron chi connectivity index (χ0n) is 13.3. The van der Waals surface area contributed by atoms with E-state index in [1.807, 2.05) is 6.92 Å². The van der Waals surface area contributed by atoms with Crippen LogP contribution < -0.4 is 10.6 Å². The van der Waals surface area contributed by atoms with Gasteiger partial charge in [-0.05, 0) is 36.8 Å². The van der Waals surface area contributed by atoms with Crippen molar-refractivity contribution in [3.8, 4) is 0 Å². The summed E-state index contributed by atoms with van der Waals surface area (Å²) < 4.78 is 18.1. The molecule has 0 atom stereocenters. The van der Waals surface area contributed by atoms with Gasteiger partial charge in [-0.3, -0.25) is 10.1 Å². The number of nitrogens with zero attached hydrogens (tertiary/aromatic N) is 1. The molecule has 0 saturated carbocycles. The summed E-state index contributed by atoms with van der Waals surface area (Å²) in [7, 11) is 1.28. The summed E-state index contributed by atoms with van der Waals surface area (Å²) in [6.45, 7) is 1.95. The van der Waals surface area contributed by atoms with Crippen molar-refractivity contribution in [2.75, 3.05) is 17.7 Å². The SMILES string of the molecule is CCc1cc(C(=O)OC)c(NC(=S)Nc2ccc(F)c([N+](=O)[O-])c2)s1. The topological polar surface area (TPSA) is 93.5 Å². The molecule has 0 aliphatic rings. The highest BCUT2D eigenvalue weighted by atomic mass is 32.1. The molecule has 0 unspecified atom stereocenters. The van der Waals surface area contributed by atoms with Crippen LogP contribution in [0, 0.1) is 15.9 Å². The molecule has 1 heterocycles. The van der Waals surface area contributed by atoms with Crippen molar-refractivity contribution in [2.24, 2.45) is 0 Å². The minimum atomic E-state index is -0.937. The zero-order valence-corrected chi connectivity index (χ0v) is 14.9. The summed E-state index contributed by atoms with van der Waals surface area (Å²) in [4.78, 5) is 22.7. The van der Waals surface area contributed by atoms with Crippen LogP contribution in [0.3, 0.4) is 0 Å². The molecule has 2 rings (SSSR count). The molecule has 0 fully saturated rings. The molecule has 7 nitrogen and oxygen atoms in total. The van der Waals surface area contributed by atoms with E-state index >= 15 is 0 Å². The molecule has 0 spiro atoms. The van der Waals surface area contributed by atoms with E-state index in [1.165, 1.54) is 24.5 Å². The van der Waals surface area contributed by atoms with Gasteiger partial charge in [-0.1, -0.05) is 6.92 Å². The van der Waals surface area contributed by atoms with Crippen molar-refractivity contribution in [1.29, 1.82) is 0 Å². The number of nitrogens with one attached hydrogen (secondary N) is 2. The van der Waals surface area contributed by atoms with E-state index in [-0.39, 0.29) is 10.8 Å². The third kappa shape index (κ3) is 4.48. The first-order valence-corrected chi connectivity index (χ1v) is 8.31. The third-order valence-corrected chi connectivity index (χ3v) is 4.56. The minimum absolute atomic E-state index is 0.107. The molecule has 0 bridgehead atoms. The van der Waals surface area contributed by atoms with Crippen LogP contribution in [-0.2, 0) is 11.2 Å². The predicted molar refractivity (Wildman–Crippen MR) is 97.9 cm³/mol. The number of halogens is 1. The maximum Gasteiger partial charge on any atom is 0.340 e. The lowest BCUT2D eigenvalue weighted by atomic mass is 10.2. The van der Waals surface area contributed by atoms with Gasteiger partial charge in [0.15, 0.2) is 5.11 Å². The first-order chi connectivity index (χ1) is 11.8. The standard InChI is InChI=1S/C15H14FN3O4S2/c1-3-9-7-10(14(20)23-2)13(25-9)18-15(24)17-8-4-5-11(16)12(6-8)19(21)22/h4-7H,3H2,1-2H3,(H2,17,18,24). The van der Waals surface area contributed by atoms with Gasteiger partial charge in [-0.25, -0.2) is 4.79 Å². The molecule has 132 valence electrons. The Bertz CT molecular complexity index is 838. The molecule has 2 N–H and O–H groups in total. The number of thiophene rings is 1. The van der Waals surface area contributed by atoms with E-state index in [1.54, 1.807) is 6.07 Å². The molecule has 0 radical (unpaired) electrons. The molecular formula is C15H14FN3O4S2. The Balaban J connectivity index is 2.18. The highest BCUT2D eigenvalue weighted by molar-refractivity contribution is 7.80. The van der Waals surface area contributed by atoms with E-state index in [0.717, 1.165) is 23.4 Å². The Morgan fingerprint density at radius 1 is 1.40 bits per heavy atom. The molecule has 1 aromatic carbocycles. The highest BCUT2D eigenvalue weighted by Gasteiger charge is 2.18. The quantitative estimate of drug-likeness (QED) is 0.349. The molecule has 10 heteroatoms. The number of benzene rings is 1. The second kappa shape index (κ2) is 7.99. The molecule has 0 saturated heterocycles. The highest BCUT2D eigenvalue weighted by Crippen LogP contribution is 2.29. The van der Waals surface area contributed by atoms with Gasteiger partial charge in [-0.15, -0.1) is 11.3 Å². The van der Waals surface area contributed by atoms with Crippen molar-refractivity contribution in [3.05, 3.63) is 50.6 Å². The van der Waals surface area contributed by atoms with Gasteiger partial charge in [0.05, 0.1) is 17.6 Å². The van der Waals surface area contributed by atoms with Gasteiger partial charge in [0.2, 0.25) is 5.82 Å². The molecule has 0 amide bonds. The molecule has 2 aromatic rings. The molecular weight excluding hydrogens is 369 g/mol. The van der Waals surface area contributed by atoms with Crippen molar-refractivity contribution in [2.45, 2.75) is 13.3 Å². The van der Waals surface area contributed by atoms with Gasteiger partial charge in [0.1, 0.15) is 5.00 Å². The number of nitro benzene ring substituents is 1. The molecule has 1 aromatic heterocycles. The fourth-order valence-corrected chi connectivity index (χ4v) is 3.24. The zero-order chi connectivity index (χ0) is 18.6. The first kappa shape index (κ1) is 18.7. The minimum Gasteiger partial charge on any atom is -0.465 e. The number of hydrogen-bond donors (Lipinski definition) is 2. The van der Waals surface area contributed by atoms with Crippen molar-refractivity contribution >= 4 is 51.0 Å². The molecule has 25 heavy (non-hydrogen) atoms. The van der Waals surface area contributed by atoms with Crippen LogP contribution in [-0.4, -0.2) is 23.1 Å². The summed E-state index contributed by atoms with van der Waals surface area (Å²) in [6, 6.07) is 5.05. The van der Waals surface area contributed by atoms with Gasteiger partial charge < -0.3 is 15.4 Å². The Kier molecular flexibility index (Phi) is 5.99. The normalized spacial score (nSPS) is 10.2. The Labute approximate surface area is 152 Å². The van der Waals surface area contributed by atoms with Crippen molar-refractivity contribution in [3.63, 3.8) is 0 Å². The summed E-state index contributed by atoms with van der Waals surface area (Å²) >= 11 is 6.50. The van der Waals surface area contributed by atoms with Gasteiger partial charge in [-0.2, -0.15) is 4.39 Å². The number of esters is 1. The van der Waals surface area contributed by atoms with Crippen LogP contribution in [0.4, 0.5) is 20.8 Å². The molecule has 0 aliphatic heterocycles. The number of rotatable bonds is 5. The van der Waals surface area contributed by atoms with E-state index in [2.05, 4.69) is 10.6 Å². The molecule has 0 aliphatic carbocycles. The number of thiocarbonyl (C=S) groups is 1. The van der Waals surface area contributed by atoms with Gasteiger partial charge in [0.25, 0.3) is 0 Å². The number of carbonyl (C=O) groups is 1. The smallest absolute Gasteiger partial charge is 0.340 e. The lowest BCUT2D eigenvalue weighted by molar-refractivity contribution is -0.387. The van der Waals surface area contributed by atoms with E-state index in [9.17, 15) is 19.3 Å². The van der Waals surface area contributed by atoms with Crippen molar-refractivity contribution < 1.29 is 18.8 Å². The second-order valence-electron chi connectivity index (χ2n) is 4.80. The fraction of sp³-hybridized carbons (Fsp3) is 0.200. The van der Waals surface area contributed by atoms with Crippen LogP contribution in [0.25, 0.3) is 0 Å². The summed E-state index contributed by atoms with van der Waals surface area (Å²) in [6.07, 6.45) is 0.737. The largest absolute Gasteiger partial charge is 0.465 e. The van der Waals surface area contributed by atoms with Crippen LogP contribution >= 0.6 is 23.6 Å². The van der Waals surface area contributed by atoms with Gasteiger partial charge >= 0.3 is 11.7 Å². The summed E-state index contributed by atoms with van der Waals surface area (Å²) in [5.74, 6) is -1.44. The number of hydrogen-bond acceptors (Lipinski definition) is 6. The fourth-order valence-electron chi connectivity index (χ4n) is 1.97. The van der Waals surface area contributed by atoms with Crippen LogP contribution in [0.5, 0.6) is 0 Å². The Morgan fingerprint density at radius 2 is 2.12 bits per heavy atom. The van der Waals surface area contributed by atoms with Crippen LogP contribution in [0.2, 0.25) is 0 Å². The average Bonchev–Trinajstić information content (AvgIpc) is 2.98. The maximum absolute atomic E-state index is 13.4. The van der Waals surface area contributed by atoms with Crippen LogP contribution in [0.1, 0.15) is 22.2 Å². The average molecular weight is 383 g/mol. The van der Waals surface area contributed by atoms with Crippen molar-refractivity contribution in [1.82, 2.24) is 0 Å². The summed E-state index contributed by atoms with van der Waals surface area (Å²) in [5.41, 5.74) is -0.0662. The lowest BCUT2D eigenvalue weighted by Crippen LogP contribution is -2.20. The van der Waals surface area contributed by atoms with E-state index < -0.39 is 22.4 Å². The number of aryl methyl sites for hydroxylation is 1. The second-order valence-corrected chi connectivity index (χ2v) is 6.35. The van der Waals surface area contributed by atoms with Gasteiger partial charge in [0, 0.05) is 16.6 Å². The Hall–Kier alpha value is -2.59. The third-order valence-electron chi connectivity index (χ3n) is 3.16.